The number of hydrogen-bond donors (Lipinski definition) is 0. The van der Waals surface area contributed by atoms with E-state index in [4.69, 9.17) is 6.92 Å². The molecule has 10 heavy (non-hydrogen) atoms. The third kappa shape index (κ3) is 1.37. The van der Waals surface area contributed by atoms with Crippen molar-refractivity contribution < 1.29 is 4.79 Å². The zero-order valence-corrected chi connectivity index (χ0v) is 5.53. The van der Waals surface area contributed by atoms with Gasteiger partial charge < -0.3 is 0 Å². The van der Waals surface area contributed by atoms with Crippen molar-refractivity contribution in [3.8, 4) is 0 Å². The molecule has 3 nitrogen and oxygen atoms in total. The molecule has 0 saturated heterocycles. The highest BCUT2D eigenvalue weighted by Crippen LogP contribution is 1.93. The molecular weight excluding hydrogens is 128 g/mol. The van der Waals surface area contributed by atoms with Crippen molar-refractivity contribution in [3.05, 3.63) is 30.7 Å². The Hall–Kier alpha value is -1.25. The molecule has 2 radical (unpaired) electrons. The van der Waals surface area contributed by atoms with E-state index in [9.17, 15) is 4.79 Å². The molecule has 1 heterocycles. The summed E-state index contributed by atoms with van der Waals surface area (Å²) in [6, 6.07) is 0. The van der Waals surface area contributed by atoms with Crippen LogP contribution in [0.15, 0.2) is 12.4 Å². The molecule has 0 aliphatic heterocycles. The lowest BCUT2D eigenvalue weighted by atomic mass is 10.3. The van der Waals surface area contributed by atoms with Crippen LogP contribution in [0.1, 0.15) is 16.2 Å². The van der Waals surface area contributed by atoms with E-state index in [0.717, 1.165) is 5.69 Å². The second-order valence-corrected chi connectivity index (χ2v) is 1.91. The Morgan fingerprint density at radius 3 is 2.60 bits per heavy atom. The van der Waals surface area contributed by atoms with Gasteiger partial charge in [-0.1, -0.05) is 0 Å². The van der Waals surface area contributed by atoms with Gasteiger partial charge in [0.05, 0.1) is 11.9 Å². The van der Waals surface area contributed by atoms with Gasteiger partial charge in [0.1, 0.15) is 5.69 Å². The molecule has 1 rings (SSSR count). The summed E-state index contributed by atoms with van der Waals surface area (Å²) in [6.45, 7) is 6.71. The van der Waals surface area contributed by atoms with Crippen LogP contribution in [0.3, 0.4) is 0 Å². The maximum Gasteiger partial charge on any atom is 0.187 e. The van der Waals surface area contributed by atoms with Crippen LogP contribution in [0, 0.1) is 13.8 Å². The van der Waals surface area contributed by atoms with Gasteiger partial charge in [0.25, 0.3) is 0 Å². The lowest BCUT2D eigenvalue weighted by molar-refractivity contribution is 0.103. The van der Waals surface area contributed by atoms with Crippen molar-refractivity contribution in [2.24, 2.45) is 0 Å². The van der Waals surface area contributed by atoms with Crippen LogP contribution in [-0.4, -0.2) is 15.8 Å². The monoisotopic (exact) mass is 134 g/mol. The molecule has 0 aromatic carbocycles. The van der Waals surface area contributed by atoms with Crippen LogP contribution >= 0.6 is 0 Å². The first-order valence-corrected chi connectivity index (χ1v) is 2.78. The maximum atomic E-state index is 10.4. The number of hydrogen-bond acceptors (Lipinski definition) is 3. The van der Waals surface area contributed by atoms with Crippen LogP contribution in [0.25, 0.3) is 0 Å². The minimum atomic E-state index is -0.549. The zero-order chi connectivity index (χ0) is 7.56. The Morgan fingerprint density at radius 1 is 1.50 bits per heavy atom. The van der Waals surface area contributed by atoms with Gasteiger partial charge >= 0.3 is 0 Å². The number of aromatic nitrogens is 2. The fraction of sp³-hybridized carbons (Fsp3) is 0.143. The Bertz CT molecular complexity index is 240. The molecule has 0 N–H and O–H groups in total. The summed E-state index contributed by atoms with van der Waals surface area (Å²) < 4.78 is 0. The first-order chi connectivity index (χ1) is 4.70. The standard InChI is InChI=1S/C7H6N2O/c1-5-3-9-7(4-8-5)6(2)10/h2-4H,1H3. The highest BCUT2D eigenvalue weighted by atomic mass is 16.1. The van der Waals surface area contributed by atoms with Crippen molar-refractivity contribution in [3.63, 3.8) is 0 Å². The summed E-state index contributed by atoms with van der Waals surface area (Å²) >= 11 is 0. The summed E-state index contributed by atoms with van der Waals surface area (Å²) in [5.74, 6) is -0.549. The van der Waals surface area contributed by atoms with E-state index >= 15 is 0 Å². The molecule has 1 aromatic heterocycles. The largest absolute Gasteiger partial charge is 0.292 e. The lowest BCUT2D eigenvalue weighted by Gasteiger charge is -1.92. The molecule has 1 aromatic rings. The fourth-order valence-electron chi connectivity index (χ4n) is 0.520. The van der Waals surface area contributed by atoms with Crippen LogP contribution in [0.5, 0.6) is 0 Å². The van der Waals surface area contributed by atoms with Gasteiger partial charge in [-0.25, -0.2) is 4.98 Å². The molecule has 0 unspecified atom stereocenters. The van der Waals surface area contributed by atoms with Gasteiger partial charge in [0, 0.05) is 13.1 Å². The summed E-state index contributed by atoms with van der Waals surface area (Å²) in [5, 5.41) is 0. The van der Waals surface area contributed by atoms with Crippen molar-refractivity contribution in [2.45, 2.75) is 6.92 Å². The number of nitrogens with zero attached hydrogens (tertiary/aromatic N) is 2. The van der Waals surface area contributed by atoms with Gasteiger partial charge in [-0.3, -0.25) is 9.78 Å². The smallest absolute Gasteiger partial charge is 0.187 e. The van der Waals surface area contributed by atoms with Gasteiger partial charge in [-0.15, -0.1) is 0 Å². The van der Waals surface area contributed by atoms with E-state index in [1.54, 1.807) is 6.92 Å². The third-order valence-corrected chi connectivity index (χ3v) is 1.03. The Kier molecular flexibility index (Phi) is 1.76. The lowest BCUT2D eigenvalue weighted by Crippen LogP contribution is -1.97. The number of carbonyl (C=O) groups is 1. The highest BCUT2D eigenvalue weighted by molar-refractivity contribution is 5.97. The van der Waals surface area contributed by atoms with Crippen LogP contribution in [-0.2, 0) is 0 Å². The van der Waals surface area contributed by atoms with Crippen LogP contribution in [0.4, 0.5) is 0 Å². The van der Waals surface area contributed by atoms with Crippen LogP contribution in [0.2, 0.25) is 0 Å². The van der Waals surface area contributed by atoms with Gasteiger partial charge in [0.15, 0.2) is 5.78 Å². The van der Waals surface area contributed by atoms with Crippen molar-refractivity contribution in [1.82, 2.24) is 9.97 Å². The first-order valence-electron chi connectivity index (χ1n) is 2.78. The summed E-state index contributed by atoms with van der Waals surface area (Å²) in [4.78, 5) is 18.0. The van der Waals surface area contributed by atoms with Gasteiger partial charge in [0.2, 0.25) is 0 Å². The van der Waals surface area contributed by atoms with E-state index in [1.165, 1.54) is 12.4 Å². The fourth-order valence-corrected chi connectivity index (χ4v) is 0.520. The third-order valence-electron chi connectivity index (χ3n) is 1.03. The van der Waals surface area contributed by atoms with Crippen LogP contribution < -0.4 is 0 Å². The molecule has 50 valence electrons. The number of ketones is 1. The predicted molar refractivity (Wildman–Crippen MR) is 35.4 cm³/mol. The summed E-state index contributed by atoms with van der Waals surface area (Å²) in [7, 11) is 0. The van der Waals surface area contributed by atoms with E-state index in [0.29, 0.717) is 0 Å². The zero-order valence-electron chi connectivity index (χ0n) is 5.53. The van der Waals surface area contributed by atoms with E-state index in [2.05, 4.69) is 9.97 Å². The number of Topliss-reactive ketones (excluding diaryl/α,β-unsaturated/α-hetero) is 1. The Balaban J connectivity index is 3.00. The van der Waals surface area contributed by atoms with E-state index in [-0.39, 0.29) is 5.69 Å². The second-order valence-electron chi connectivity index (χ2n) is 1.91. The van der Waals surface area contributed by atoms with Gasteiger partial charge in [-0.05, 0) is 6.92 Å². The van der Waals surface area contributed by atoms with E-state index < -0.39 is 5.78 Å². The number of rotatable bonds is 1. The Morgan fingerprint density at radius 2 is 2.20 bits per heavy atom. The maximum absolute atomic E-state index is 10.4. The SMILES string of the molecule is [CH]C(=O)c1cnc(C)cn1. The van der Waals surface area contributed by atoms with Crippen molar-refractivity contribution in [2.75, 3.05) is 0 Å². The minimum Gasteiger partial charge on any atom is -0.292 e. The molecule has 0 aliphatic rings. The summed E-state index contributed by atoms with van der Waals surface area (Å²) in [6.07, 6.45) is 2.86. The molecule has 0 amide bonds. The predicted octanol–water partition coefficient (Wildman–Crippen LogP) is 0.679. The highest BCUT2D eigenvalue weighted by Gasteiger charge is 1.98. The molecular formula is C7H6N2O. The first kappa shape index (κ1) is 6.86. The van der Waals surface area contributed by atoms with Crippen molar-refractivity contribution in [1.29, 1.82) is 0 Å². The molecule has 0 bridgehead atoms. The minimum absolute atomic E-state index is 0.200. The second kappa shape index (κ2) is 2.56. The normalized spacial score (nSPS) is 9.40. The molecule has 0 fully saturated rings. The Labute approximate surface area is 59.1 Å². The topological polar surface area (TPSA) is 42.9 Å². The van der Waals surface area contributed by atoms with Crippen molar-refractivity contribution >= 4 is 5.78 Å². The average molecular weight is 134 g/mol. The molecule has 0 spiro atoms. The summed E-state index contributed by atoms with van der Waals surface area (Å²) in [5.41, 5.74) is 0.968. The molecule has 3 heteroatoms. The average Bonchev–Trinajstić information content (AvgIpc) is 1.88. The number of carbonyl (C=O) groups excluding carboxylic acids is 1. The number of aryl methyl sites for hydroxylation is 1. The quantitative estimate of drug-likeness (QED) is 0.530. The van der Waals surface area contributed by atoms with Gasteiger partial charge in [-0.2, -0.15) is 0 Å². The molecule has 0 aliphatic carbocycles. The van der Waals surface area contributed by atoms with E-state index in [1.807, 2.05) is 0 Å². The molecule has 0 atom stereocenters. The molecule has 0 saturated carbocycles.